The summed E-state index contributed by atoms with van der Waals surface area (Å²) in [5.41, 5.74) is 3.06. The Morgan fingerprint density at radius 1 is 1.04 bits per heavy atom. The third-order valence-electron chi connectivity index (χ3n) is 9.78. The number of H-pyrrole nitrogens is 1. The van der Waals surface area contributed by atoms with Crippen LogP contribution in [0.25, 0.3) is 0 Å². The number of hydrogen-bond donors (Lipinski definition) is 2. The standard InChI is InChI=1S/C34H27BrClN3O5S2/c1-15-3-2-4-18(11-15)37-24(40)14-44-23-10-7-17(36)12-20(23)25-26-21-13-22(29(26)45-31-30(25)46-34(43)38-31)28-27(21)32(41)39(33(28)42)19-8-5-16(35)6-9-19/h2-12,21-22,25-29H,13-14H2,1H3,(H,37,40)(H,38,43)/t21?,22?,25-,26?,27?,28?,29?/m1/s1. The quantitative estimate of drug-likeness (QED) is 0.210. The lowest BCUT2D eigenvalue weighted by Gasteiger charge is -2.43. The van der Waals surface area contributed by atoms with Gasteiger partial charge in [-0.3, -0.25) is 24.1 Å². The van der Waals surface area contributed by atoms with Crippen molar-refractivity contribution in [2.75, 3.05) is 16.8 Å². The summed E-state index contributed by atoms with van der Waals surface area (Å²) in [5, 5.41) is 4.18. The maximum Gasteiger partial charge on any atom is 0.305 e. The van der Waals surface area contributed by atoms with E-state index in [1.807, 2.05) is 49.4 Å². The fraction of sp³-hybridized carbons (Fsp3) is 0.294. The zero-order valence-electron chi connectivity index (χ0n) is 24.4. The molecule has 0 radical (unpaired) electrons. The molecule has 3 fully saturated rings. The number of aromatic nitrogens is 1. The molecule has 7 atom stereocenters. The molecular formula is C34H27BrClN3O5S2. The molecule has 2 saturated carbocycles. The number of ether oxygens (including phenoxy) is 1. The molecule has 2 aliphatic heterocycles. The van der Waals surface area contributed by atoms with Crippen LogP contribution in [0.3, 0.4) is 0 Å². The van der Waals surface area contributed by atoms with Crippen molar-refractivity contribution in [2.24, 2.45) is 29.6 Å². The van der Waals surface area contributed by atoms with Crippen molar-refractivity contribution in [1.29, 1.82) is 0 Å². The molecule has 46 heavy (non-hydrogen) atoms. The molecule has 2 bridgehead atoms. The number of benzene rings is 3. The van der Waals surface area contributed by atoms with Gasteiger partial charge in [0, 0.05) is 36.8 Å². The molecule has 8 nitrogen and oxygen atoms in total. The van der Waals surface area contributed by atoms with Gasteiger partial charge in [-0.1, -0.05) is 51.0 Å². The minimum Gasteiger partial charge on any atom is -0.483 e. The molecule has 6 unspecified atom stereocenters. The van der Waals surface area contributed by atoms with Crippen LogP contribution in [0.1, 0.15) is 28.3 Å². The zero-order chi connectivity index (χ0) is 31.9. The van der Waals surface area contributed by atoms with Crippen LogP contribution in [0.5, 0.6) is 5.75 Å². The van der Waals surface area contributed by atoms with Gasteiger partial charge in [-0.25, -0.2) is 0 Å². The lowest BCUT2D eigenvalue weighted by molar-refractivity contribution is -0.123. The van der Waals surface area contributed by atoms with E-state index in [1.54, 1.807) is 36.0 Å². The normalized spacial score (nSPS) is 27.4. The first-order valence-corrected chi connectivity index (χ1v) is 17.9. The molecule has 3 amide bonds. The van der Waals surface area contributed by atoms with Crippen LogP contribution in [0.2, 0.25) is 5.02 Å². The van der Waals surface area contributed by atoms with E-state index in [1.165, 1.54) is 4.90 Å². The van der Waals surface area contributed by atoms with Gasteiger partial charge in [0.15, 0.2) is 6.61 Å². The number of carbonyl (C=O) groups is 3. The smallest absolute Gasteiger partial charge is 0.305 e. The number of amides is 3. The Bertz CT molecular complexity index is 1980. The maximum atomic E-state index is 14.1. The molecule has 2 N–H and O–H groups in total. The van der Waals surface area contributed by atoms with Gasteiger partial charge >= 0.3 is 4.87 Å². The van der Waals surface area contributed by atoms with Crippen LogP contribution in [-0.2, 0) is 14.4 Å². The number of halogens is 2. The third kappa shape index (κ3) is 4.85. The Balaban J connectivity index is 1.14. The Hall–Kier alpha value is -3.38. The summed E-state index contributed by atoms with van der Waals surface area (Å²) in [6.45, 7) is 1.73. The summed E-state index contributed by atoms with van der Waals surface area (Å²) < 4.78 is 7.04. The number of thioether (sulfide) groups is 1. The first-order chi connectivity index (χ1) is 22.2. The molecule has 2 aliphatic carbocycles. The van der Waals surface area contributed by atoms with Crippen molar-refractivity contribution in [3.8, 4) is 5.75 Å². The number of aromatic amines is 1. The van der Waals surface area contributed by atoms with Crippen LogP contribution in [0, 0.1) is 36.5 Å². The number of rotatable bonds is 6. The van der Waals surface area contributed by atoms with E-state index < -0.39 is 11.8 Å². The minimum atomic E-state index is -0.439. The summed E-state index contributed by atoms with van der Waals surface area (Å²) in [5.74, 6) is -1.39. The van der Waals surface area contributed by atoms with Gasteiger partial charge in [0.25, 0.3) is 5.91 Å². The summed E-state index contributed by atoms with van der Waals surface area (Å²) in [6.07, 6.45) is 0.759. The number of nitrogens with zero attached hydrogens (tertiary/aromatic N) is 1. The van der Waals surface area contributed by atoms with Gasteiger partial charge in [-0.2, -0.15) is 0 Å². The van der Waals surface area contributed by atoms with Crippen molar-refractivity contribution < 1.29 is 19.1 Å². The molecule has 8 rings (SSSR count). The van der Waals surface area contributed by atoms with E-state index in [4.69, 9.17) is 16.3 Å². The highest BCUT2D eigenvalue weighted by Crippen LogP contribution is 2.69. The van der Waals surface area contributed by atoms with E-state index in [9.17, 15) is 19.2 Å². The molecular weight excluding hydrogens is 710 g/mol. The summed E-state index contributed by atoms with van der Waals surface area (Å²) in [7, 11) is 0. The van der Waals surface area contributed by atoms with Gasteiger partial charge in [0.1, 0.15) is 5.75 Å². The average molecular weight is 737 g/mol. The predicted molar refractivity (Wildman–Crippen MR) is 182 cm³/mol. The van der Waals surface area contributed by atoms with E-state index in [2.05, 4.69) is 26.2 Å². The molecule has 12 heteroatoms. The summed E-state index contributed by atoms with van der Waals surface area (Å²) >= 11 is 12.8. The SMILES string of the molecule is Cc1cccc(NC(=O)COc2ccc(Cl)cc2[C@H]2c3sc(=O)[nH]c3SC3C4CC(C5C(=O)N(c6ccc(Br)cc6)C(=O)C45)C32)c1. The largest absolute Gasteiger partial charge is 0.483 e. The topological polar surface area (TPSA) is 109 Å². The number of thiazole rings is 1. The minimum absolute atomic E-state index is 0.00654. The number of anilines is 2. The van der Waals surface area contributed by atoms with E-state index in [0.717, 1.165) is 43.3 Å². The van der Waals surface area contributed by atoms with Crippen LogP contribution < -0.4 is 19.8 Å². The molecule has 3 heterocycles. The van der Waals surface area contributed by atoms with Crippen molar-refractivity contribution in [2.45, 2.75) is 29.5 Å². The second-order valence-electron chi connectivity index (χ2n) is 12.3. The number of aryl methyl sites for hydroxylation is 1. The van der Waals surface area contributed by atoms with Crippen LogP contribution >= 0.6 is 50.6 Å². The molecule has 234 valence electrons. The highest BCUT2D eigenvalue weighted by atomic mass is 79.9. The maximum absolute atomic E-state index is 14.1. The number of carbonyl (C=O) groups excluding carboxylic acids is 3. The lowest BCUT2D eigenvalue weighted by Crippen LogP contribution is -2.42. The van der Waals surface area contributed by atoms with E-state index in [-0.39, 0.29) is 58.1 Å². The molecule has 4 aliphatic rings. The van der Waals surface area contributed by atoms with Crippen molar-refractivity contribution >= 4 is 79.7 Å². The molecule has 1 saturated heterocycles. The lowest BCUT2D eigenvalue weighted by atomic mass is 9.68. The highest BCUT2D eigenvalue weighted by molar-refractivity contribution is 9.10. The van der Waals surface area contributed by atoms with Crippen LogP contribution in [-0.4, -0.2) is 34.6 Å². The molecule has 1 aromatic heterocycles. The summed E-state index contributed by atoms with van der Waals surface area (Å²) in [6, 6.07) is 20.1. The molecule has 4 aromatic rings. The number of fused-ring (bicyclic) bond motifs is 9. The Labute approximate surface area is 286 Å². The zero-order valence-corrected chi connectivity index (χ0v) is 28.3. The summed E-state index contributed by atoms with van der Waals surface area (Å²) in [4.78, 5) is 58.7. The highest BCUT2D eigenvalue weighted by Gasteiger charge is 2.69. The fourth-order valence-corrected chi connectivity index (χ4v) is 11.5. The first kappa shape index (κ1) is 30.0. The Morgan fingerprint density at radius 2 is 1.80 bits per heavy atom. The second-order valence-corrected chi connectivity index (χ2v) is 15.9. The number of hydrogen-bond acceptors (Lipinski definition) is 7. The molecule has 0 spiro atoms. The molecule has 3 aromatic carbocycles. The van der Waals surface area contributed by atoms with Gasteiger partial charge in [0.05, 0.1) is 22.5 Å². The van der Waals surface area contributed by atoms with Crippen molar-refractivity contribution in [3.63, 3.8) is 0 Å². The van der Waals surface area contributed by atoms with Gasteiger partial charge in [-0.15, -0.1) is 11.8 Å². The van der Waals surface area contributed by atoms with Gasteiger partial charge in [-0.05, 0) is 91.3 Å². The van der Waals surface area contributed by atoms with E-state index >= 15 is 0 Å². The Kier molecular flexibility index (Phi) is 7.43. The van der Waals surface area contributed by atoms with Crippen molar-refractivity contribution in [3.05, 3.63) is 102 Å². The predicted octanol–water partition coefficient (Wildman–Crippen LogP) is 6.86. The first-order valence-electron chi connectivity index (χ1n) is 15.0. The van der Waals surface area contributed by atoms with Crippen LogP contribution in [0.4, 0.5) is 11.4 Å². The monoisotopic (exact) mass is 735 g/mol. The fourth-order valence-electron chi connectivity index (χ4n) is 8.17. The Morgan fingerprint density at radius 3 is 2.57 bits per heavy atom. The van der Waals surface area contributed by atoms with Crippen molar-refractivity contribution in [1.82, 2.24) is 4.98 Å². The van der Waals surface area contributed by atoms with Gasteiger partial charge < -0.3 is 15.0 Å². The van der Waals surface area contributed by atoms with Crippen LogP contribution in [0.15, 0.2) is 81.0 Å². The number of imide groups is 1. The number of nitrogens with one attached hydrogen (secondary N) is 2. The van der Waals surface area contributed by atoms with Gasteiger partial charge in [0.2, 0.25) is 11.8 Å². The van der Waals surface area contributed by atoms with E-state index in [0.29, 0.717) is 22.1 Å². The second kappa shape index (κ2) is 11.4. The average Bonchev–Trinajstić information content (AvgIpc) is 3.76. The third-order valence-corrected chi connectivity index (χ3v) is 13.1.